The van der Waals surface area contributed by atoms with Crippen LogP contribution in [0.15, 0.2) is 24.3 Å². The van der Waals surface area contributed by atoms with Crippen molar-refractivity contribution < 1.29 is 69.0 Å². The van der Waals surface area contributed by atoms with E-state index in [0.29, 0.717) is 13.0 Å². The quantitative estimate of drug-likeness (QED) is 0.0215. The summed E-state index contributed by atoms with van der Waals surface area (Å²) >= 11 is 0. The van der Waals surface area contributed by atoms with Gasteiger partial charge in [0.1, 0.15) is 54.9 Å². The predicted molar refractivity (Wildman–Crippen MR) is 233 cm³/mol. The van der Waals surface area contributed by atoms with E-state index >= 15 is 0 Å². The van der Waals surface area contributed by atoms with Crippen LogP contribution in [0, 0.1) is 0 Å². The SMILES string of the molecule is CCCCCCC/C=C\C/C=C\CCCCCCCCCCCCCCCCOCC(COC1OC(COC2OC(CO)C(O)C(O)C2O)C(O)C(O)C1O)OC(=O)CCC. The summed E-state index contributed by atoms with van der Waals surface area (Å²) in [5.41, 5.74) is 0. The zero-order valence-electron chi connectivity index (χ0n) is 37.7. The van der Waals surface area contributed by atoms with E-state index in [4.69, 9.17) is 28.4 Å². The normalized spacial score (nSPS) is 27.6. The third-order valence-electron chi connectivity index (χ3n) is 11.4. The van der Waals surface area contributed by atoms with Gasteiger partial charge in [0, 0.05) is 13.0 Å². The van der Waals surface area contributed by atoms with Crippen molar-refractivity contribution in [3.05, 3.63) is 24.3 Å². The molecule has 358 valence electrons. The highest BCUT2D eigenvalue weighted by molar-refractivity contribution is 5.69. The Morgan fingerprint density at radius 1 is 0.541 bits per heavy atom. The van der Waals surface area contributed by atoms with Gasteiger partial charge in [-0.2, -0.15) is 0 Å². The highest BCUT2D eigenvalue weighted by Crippen LogP contribution is 2.26. The maximum atomic E-state index is 12.3. The fraction of sp³-hybridized carbons (Fsp3) is 0.894. The maximum Gasteiger partial charge on any atom is 0.306 e. The molecule has 2 rings (SSSR count). The molecule has 61 heavy (non-hydrogen) atoms. The Kier molecular flexibility index (Phi) is 32.6. The molecule has 2 fully saturated rings. The number of aliphatic hydroxyl groups is 7. The van der Waals surface area contributed by atoms with E-state index in [9.17, 15) is 40.5 Å². The number of rotatable bonds is 37. The van der Waals surface area contributed by atoms with Crippen LogP contribution in [0.1, 0.15) is 168 Å². The number of carbonyl (C=O) groups is 1. The molecule has 7 N–H and O–H groups in total. The number of allylic oxidation sites excluding steroid dienone is 4. The summed E-state index contributed by atoms with van der Waals surface area (Å²) in [5.74, 6) is -0.428. The van der Waals surface area contributed by atoms with Gasteiger partial charge in [0.25, 0.3) is 0 Å². The molecule has 14 heteroatoms. The summed E-state index contributed by atoms with van der Waals surface area (Å²) < 4.78 is 33.6. The fourth-order valence-electron chi connectivity index (χ4n) is 7.53. The predicted octanol–water partition coefficient (Wildman–Crippen LogP) is 6.07. The number of hydrogen-bond donors (Lipinski definition) is 7. The van der Waals surface area contributed by atoms with Gasteiger partial charge in [0.15, 0.2) is 12.6 Å². The van der Waals surface area contributed by atoms with Crippen LogP contribution in [0.25, 0.3) is 0 Å². The van der Waals surface area contributed by atoms with E-state index in [1.807, 2.05) is 6.92 Å². The third-order valence-corrected chi connectivity index (χ3v) is 11.4. The molecule has 11 unspecified atom stereocenters. The number of hydrogen-bond acceptors (Lipinski definition) is 14. The van der Waals surface area contributed by atoms with Crippen LogP contribution in [-0.2, 0) is 33.2 Å². The lowest BCUT2D eigenvalue weighted by Crippen LogP contribution is -2.61. The van der Waals surface area contributed by atoms with Gasteiger partial charge in [-0.25, -0.2) is 0 Å². The molecule has 0 aromatic carbocycles. The number of unbranched alkanes of at least 4 members (excludes halogenated alkanes) is 19. The van der Waals surface area contributed by atoms with Crippen molar-refractivity contribution in [1.82, 2.24) is 0 Å². The lowest BCUT2D eigenvalue weighted by molar-refractivity contribution is -0.332. The average molecular weight is 875 g/mol. The number of carbonyl (C=O) groups excluding carboxylic acids is 1. The van der Waals surface area contributed by atoms with E-state index in [0.717, 1.165) is 25.7 Å². The largest absolute Gasteiger partial charge is 0.457 e. The molecule has 2 aliphatic rings. The second-order valence-corrected chi connectivity index (χ2v) is 16.9. The van der Waals surface area contributed by atoms with Gasteiger partial charge in [0.05, 0.1) is 26.4 Å². The van der Waals surface area contributed by atoms with Crippen molar-refractivity contribution >= 4 is 5.97 Å². The second kappa shape index (κ2) is 35.8. The first kappa shape index (κ1) is 55.6. The molecule has 2 aliphatic heterocycles. The molecule has 0 amide bonds. The minimum atomic E-state index is -1.70. The fourth-order valence-corrected chi connectivity index (χ4v) is 7.53. The van der Waals surface area contributed by atoms with Crippen molar-refractivity contribution in [2.24, 2.45) is 0 Å². The highest BCUT2D eigenvalue weighted by atomic mass is 16.7. The first-order valence-electron chi connectivity index (χ1n) is 23.9. The van der Waals surface area contributed by atoms with Crippen molar-refractivity contribution in [2.45, 2.75) is 235 Å². The number of ether oxygens (including phenoxy) is 6. The minimum absolute atomic E-state index is 0.0574. The van der Waals surface area contributed by atoms with Crippen LogP contribution < -0.4 is 0 Å². The van der Waals surface area contributed by atoms with Gasteiger partial charge in [0.2, 0.25) is 0 Å². The Hall–Kier alpha value is -1.53. The Morgan fingerprint density at radius 2 is 1.02 bits per heavy atom. The van der Waals surface area contributed by atoms with Gasteiger partial charge in [-0.3, -0.25) is 4.79 Å². The topological polar surface area (TPSA) is 214 Å². The summed E-state index contributed by atoms with van der Waals surface area (Å²) in [6, 6.07) is 0. The van der Waals surface area contributed by atoms with Gasteiger partial charge >= 0.3 is 5.97 Å². The Labute approximate surface area is 367 Å². The average Bonchev–Trinajstić information content (AvgIpc) is 3.25. The molecule has 0 radical (unpaired) electrons. The van der Waals surface area contributed by atoms with Gasteiger partial charge in [-0.15, -0.1) is 0 Å². The lowest BCUT2D eigenvalue weighted by atomic mass is 9.98. The summed E-state index contributed by atoms with van der Waals surface area (Å²) in [4.78, 5) is 12.3. The summed E-state index contributed by atoms with van der Waals surface area (Å²) in [5, 5.41) is 71.3. The number of aliphatic hydroxyl groups excluding tert-OH is 7. The van der Waals surface area contributed by atoms with Crippen LogP contribution in [-0.4, -0.2) is 142 Å². The van der Waals surface area contributed by atoms with Crippen LogP contribution in [0.5, 0.6) is 0 Å². The van der Waals surface area contributed by atoms with E-state index in [2.05, 4.69) is 31.2 Å². The summed E-state index contributed by atoms with van der Waals surface area (Å²) in [7, 11) is 0. The molecule has 0 aromatic heterocycles. The molecule has 14 nitrogen and oxygen atoms in total. The smallest absolute Gasteiger partial charge is 0.306 e. The maximum absolute atomic E-state index is 12.3. The molecule has 11 atom stereocenters. The summed E-state index contributed by atoms with van der Waals surface area (Å²) in [6.07, 6.45) is 21.7. The van der Waals surface area contributed by atoms with Crippen molar-refractivity contribution in [1.29, 1.82) is 0 Å². The molecule has 0 aliphatic carbocycles. The van der Waals surface area contributed by atoms with Crippen LogP contribution in [0.3, 0.4) is 0 Å². The lowest BCUT2D eigenvalue weighted by Gasteiger charge is -2.42. The third kappa shape index (κ3) is 24.4. The van der Waals surface area contributed by atoms with Crippen molar-refractivity contribution in [3.8, 4) is 0 Å². The van der Waals surface area contributed by atoms with Gasteiger partial charge in [-0.05, 0) is 44.9 Å². The van der Waals surface area contributed by atoms with E-state index in [1.54, 1.807) is 0 Å². The molecule has 0 spiro atoms. The van der Waals surface area contributed by atoms with Crippen LogP contribution in [0.2, 0.25) is 0 Å². The number of esters is 1. The van der Waals surface area contributed by atoms with E-state index in [-0.39, 0.29) is 19.6 Å². The van der Waals surface area contributed by atoms with Crippen molar-refractivity contribution in [2.75, 3.05) is 33.0 Å². The van der Waals surface area contributed by atoms with E-state index in [1.165, 1.54) is 116 Å². The Morgan fingerprint density at radius 3 is 1.54 bits per heavy atom. The van der Waals surface area contributed by atoms with Crippen LogP contribution >= 0.6 is 0 Å². The molecular formula is C47H86O14. The second-order valence-electron chi connectivity index (χ2n) is 16.9. The van der Waals surface area contributed by atoms with Gasteiger partial charge in [-0.1, -0.05) is 141 Å². The zero-order chi connectivity index (χ0) is 44.5. The van der Waals surface area contributed by atoms with Crippen LogP contribution in [0.4, 0.5) is 0 Å². The Bertz CT molecular complexity index is 1110. The molecule has 2 heterocycles. The molecule has 0 aromatic rings. The van der Waals surface area contributed by atoms with Gasteiger partial charge < -0.3 is 64.2 Å². The summed E-state index contributed by atoms with van der Waals surface area (Å²) in [6.45, 7) is 3.30. The molecule has 2 saturated heterocycles. The Balaban J connectivity index is 1.53. The molecular weight excluding hydrogens is 789 g/mol. The monoisotopic (exact) mass is 875 g/mol. The standard InChI is InChI=1S/C47H86O14/c1-3-5-6-7-8-9-10-11-12-13-14-15-16-17-18-19-20-21-22-23-24-25-26-27-28-29-31-56-33-36(59-39(49)30-4-2)34-57-46-45(55)43(53)41(51)38(61-46)35-58-47-44(54)42(52)40(50)37(32-48)60-47/h10-11,13-14,36-38,40-48,50-55H,3-9,12,15-35H2,1-2H3/b11-10-,14-13-. The van der Waals surface area contributed by atoms with E-state index < -0.39 is 86.7 Å². The first-order chi connectivity index (χ1) is 29.6. The van der Waals surface area contributed by atoms with Crippen molar-refractivity contribution in [3.63, 3.8) is 0 Å². The first-order valence-corrected chi connectivity index (χ1v) is 23.9. The molecule has 0 bridgehead atoms. The highest BCUT2D eigenvalue weighted by Gasteiger charge is 2.47. The molecule has 0 saturated carbocycles. The minimum Gasteiger partial charge on any atom is -0.457 e. The zero-order valence-corrected chi connectivity index (χ0v) is 37.7.